The van der Waals surface area contributed by atoms with Crippen LogP contribution in [0.1, 0.15) is 53.9 Å². The first kappa shape index (κ1) is 50.5. The minimum Gasteiger partial charge on any atom is -0.642 e. The van der Waals surface area contributed by atoms with Crippen LogP contribution < -0.4 is 17.2 Å². The van der Waals surface area contributed by atoms with Crippen molar-refractivity contribution in [1.82, 2.24) is 4.90 Å². The molecule has 216 valence electrons. The Labute approximate surface area is 293 Å². The van der Waals surface area contributed by atoms with E-state index in [1.54, 1.807) is 27.9 Å². The number of guanidine groups is 2. The molecule has 4 unspecified atom stereocenters. The summed E-state index contributed by atoms with van der Waals surface area (Å²) in [7, 11) is 3.45. The van der Waals surface area contributed by atoms with Crippen LogP contribution >= 0.6 is 0 Å². The van der Waals surface area contributed by atoms with Crippen LogP contribution in [-0.2, 0) is 106 Å². The Bertz CT molecular complexity index is 812. The number of carbonyl (C=O) groups is 4. The summed E-state index contributed by atoms with van der Waals surface area (Å²) in [5.41, 5.74) is 13.8. The van der Waals surface area contributed by atoms with Crippen molar-refractivity contribution in [3.63, 3.8) is 0 Å². The Balaban J connectivity index is -0.000000103. The molecule has 0 aromatic rings. The first-order valence-electron chi connectivity index (χ1n) is 10.7. The molecule has 0 saturated carbocycles. The Morgan fingerprint density at radius 2 is 1.29 bits per heavy atom. The third-order valence-electron chi connectivity index (χ3n) is 5.90. The number of rotatable bonds is 7. The SMILES string of the molecule is CC(=O)C1(C)[N-]C(=O)C1CCCN=C(N)N.CCC1C(=O)[N-]C1(C)C(C)=O.CN(C)C(=N)N.[CH3-].[CH3-].[W].[Y].[Y]. The molecule has 2 radical (unpaired) electrons. The van der Waals surface area contributed by atoms with Crippen molar-refractivity contribution in [2.75, 3.05) is 20.6 Å². The number of nitrogens with two attached hydrogens (primary N) is 3. The molecular weight excluding hydrogens is 814 g/mol. The summed E-state index contributed by atoms with van der Waals surface area (Å²) in [6.45, 7) is 8.74. The Kier molecular flexibility index (Phi) is 29.8. The van der Waals surface area contributed by atoms with Gasteiger partial charge < -0.3 is 66.8 Å². The smallest absolute Gasteiger partial charge is 0.187 e. The maximum absolute atomic E-state index is 11.3. The van der Waals surface area contributed by atoms with Crippen molar-refractivity contribution in [2.24, 2.45) is 34.0 Å². The van der Waals surface area contributed by atoms with Crippen LogP contribution in [0.3, 0.4) is 0 Å². The van der Waals surface area contributed by atoms with E-state index < -0.39 is 11.1 Å². The topological polar surface area (TPSA) is 214 Å². The molecule has 0 aromatic heterocycles. The minimum atomic E-state index is -0.824. The third-order valence-corrected chi connectivity index (χ3v) is 5.90. The van der Waals surface area contributed by atoms with Crippen molar-refractivity contribution >= 4 is 35.3 Å². The standard InChI is InChI=1S/C10H18N4O2.C8H13NO2.C3H9N3.2CH3.W.2Y/c1-6(15)10(2)7(8(16)14-10)4-3-5-13-9(11)12;1-4-6-7(11)9-8(6,3)5(2)10;1-6(2)3(4)5;;;;;/h7H,3-5H2,1-2H3,(H5,11,12,13,14,16);6H,4H2,1-3H3,(H,9,11);1-2H3,(H3,4,5);2*1H3;;;/q;;;2*-1;;;/p-2. The van der Waals surface area contributed by atoms with Gasteiger partial charge in [0.25, 0.3) is 0 Å². The van der Waals surface area contributed by atoms with E-state index in [1.165, 1.54) is 18.7 Å². The van der Waals surface area contributed by atoms with Gasteiger partial charge in [0.15, 0.2) is 11.9 Å². The Morgan fingerprint density at radius 3 is 1.50 bits per heavy atom. The molecule has 0 aliphatic carbocycles. The molecule has 2 saturated heterocycles. The normalized spacial score (nSPS) is 23.3. The average Bonchev–Trinajstić information content (AvgIpc) is 2.67. The predicted octanol–water partition coefficient (Wildman–Crippen LogP) is 1.53. The van der Waals surface area contributed by atoms with Crippen LogP contribution in [0.15, 0.2) is 4.99 Å². The molecule has 0 bridgehead atoms. The van der Waals surface area contributed by atoms with Gasteiger partial charge in [-0.1, -0.05) is 20.8 Å². The zero-order valence-electron chi connectivity index (χ0n) is 24.2. The minimum absolute atomic E-state index is 0. The zero-order valence-corrected chi connectivity index (χ0v) is 32.8. The Morgan fingerprint density at radius 1 is 0.947 bits per heavy atom. The fraction of sp³-hybridized carbons (Fsp3) is 0.652. The molecule has 12 nitrogen and oxygen atoms in total. The van der Waals surface area contributed by atoms with Gasteiger partial charge in [0, 0.05) is 107 Å². The van der Waals surface area contributed by atoms with Crippen LogP contribution in [0.2, 0.25) is 0 Å². The van der Waals surface area contributed by atoms with Crippen LogP contribution in [0.5, 0.6) is 0 Å². The number of β-lactam (4-membered cyclic amide) rings is 2. The van der Waals surface area contributed by atoms with Gasteiger partial charge in [0.05, 0.1) is 11.8 Å². The van der Waals surface area contributed by atoms with Gasteiger partial charge >= 0.3 is 0 Å². The second-order valence-corrected chi connectivity index (χ2v) is 8.55. The van der Waals surface area contributed by atoms with Gasteiger partial charge in [-0.3, -0.25) is 10.4 Å². The molecule has 2 aliphatic rings. The van der Waals surface area contributed by atoms with Gasteiger partial charge in [-0.25, -0.2) is 0 Å². The molecule has 2 fully saturated rings. The molecule has 2 rings (SSSR count). The van der Waals surface area contributed by atoms with E-state index in [9.17, 15) is 19.2 Å². The molecular formula is C23H44N8O4WY2-4. The molecule has 2 aliphatic heterocycles. The number of nitrogens with zero attached hydrogens (tertiary/aromatic N) is 4. The van der Waals surface area contributed by atoms with E-state index in [-0.39, 0.29) is 148 Å². The molecule has 7 N–H and O–H groups in total. The maximum atomic E-state index is 11.3. The Hall–Kier alpha value is -0.284. The summed E-state index contributed by atoms with van der Waals surface area (Å²) in [6, 6.07) is 0. The van der Waals surface area contributed by atoms with E-state index in [0.29, 0.717) is 25.8 Å². The second-order valence-electron chi connectivity index (χ2n) is 8.55. The van der Waals surface area contributed by atoms with Gasteiger partial charge in [-0.2, -0.15) is 0 Å². The summed E-state index contributed by atoms with van der Waals surface area (Å²) >= 11 is 0. The molecule has 15 heteroatoms. The van der Waals surface area contributed by atoms with E-state index in [0.717, 1.165) is 0 Å². The van der Waals surface area contributed by atoms with Gasteiger partial charge in [-0.15, -0.1) is 0 Å². The molecule has 2 heterocycles. The summed E-state index contributed by atoms with van der Waals surface area (Å²) in [6.07, 6.45) is 1.97. The number of carbonyl (C=O) groups excluding carboxylic acids is 4. The molecule has 38 heavy (non-hydrogen) atoms. The van der Waals surface area contributed by atoms with Gasteiger partial charge in [-0.05, 0) is 56.0 Å². The van der Waals surface area contributed by atoms with E-state index in [2.05, 4.69) is 15.6 Å². The predicted molar refractivity (Wildman–Crippen MR) is 141 cm³/mol. The molecule has 4 atom stereocenters. The van der Waals surface area contributed by atoms with Crippen molar-refractivity contribution in [3.8, 4) is 0 Å². The maximum Gasteiger partial charge on any atom is 0.187 e. The number of nitrogens with one attached hydrogen (secondary N) is 1. The van der Waals surface area contributed by atoms with Crippen LogP contribution in [0.25, 0.3) is 10.6 Å². The zero-order chi connectivity index (χ0) is 26.1. The second kappa shape index (κ2) is 22.4. The fourth-order valence-electron chi connectivity index (χ4n) is 3.25. The number of hydrogen-bond donors (Lipinski definition) is 4. The first-order valence-corrected chi connectivity index (χ1v) is 10.7. The number of amides is 2. The monoisotopic (exact) mass is 858 g/mol. The summed E-state index contributed by atoms with van der Waals surface area (Å²) in [5, 5.41) is 14.1. The van der Waals surface area contributed by atoms with Crippen LogP contribution in [0.4, 0.5) is 0 Å². The summed E-state index contributed by atoms with van der Waals surface area (Å²) in [4.78, 5) is 49.8. The molecule has 0 aromatic carbocycles. The average molecular weight is 858 g/mol. The van der Waals surface area contributed by atoms with Crippen molar-refractivity contribution in [3.05, 3.63) is 25.5 Å². The third kappa shape index (κ3) is 14.4. The van der Waals surface area contributed by atoms with Crippen molar-refractivity contribution in [1.29, 1.82) is 5.41 Å². The summed E-state index contributed by atoms with van der Waals surface area (Å²) in [5.74, 6) is -0.733. The fourth-order valence-corrected chi connectivity index (χ4v) is 3.25. The van der Waals surface area contributed by atoms with E-state index in [1.807, 2.05) is 6.92 Å². The van der Waals surface area contributed by atoms with Crippen molar-refractivity contribution < 1.29 is 106 Å². The van der Waals surface area contributed by atoms with Crippen LogP contribution in [0, 0.1) is 32.1 Å². The van der Waals surface area contributed by atoms with Crippen LogP contribution in [-0.4, -0.2) is 71.9 Å². The number of aliphatic imine (C=N–C) groups is 1. The molecule has 2 amide bonds. The van der Waals surface area contributed by atoms with Gasteiger partial charge in [0.2, 0.25) is 0 Å². The largest absolute Gasteiger partial charge is 0.642 e. The van der Waals surface area contributed by atoms with E-state index in [4.69, 9.17) is 22.6 Å². The molecule has 0 spiro atoms. The number of ketones is 2. The number of hydrogen-bond acceptors (Lipinski definition) is 6. The van der Waals surface area contributed by atoms with E-state index >= 15 is 0 Å². The first-order chi connectivity index (χ1) is 15.0. The quantitative estimate of drug-likeness (QED) is 0.0967. The number of Topliss-reactive ketones (excluding diaryl/α,β-unsaturated/α-hetero) is 2. The van der Waals surface area contributed by atoms with Crippen molar-refractivity contribution in [2.45, 2.75) is 65.0 Å². The van der Waals surface area contributed by atoms with Gasteiger partial charge in [0.1, 0.15) is 11.6 Å². The summed E-state index contributed by atoms with van der Waals surface area (Å²) < 4.78 is 0.